The molecule has 0 saturated heterocycles. The van der Waals surface area contributed by atoms with E-state index < -0.39 is 0 Å². The van der Waals surface area contributed by atoms with Crippen molar-refractivity contribution in [3.8, 4) is 0 Å². The summed E-state index contributed by atoms with van der Waals surface area (Å²) in [5.74, 6) is 0. The van der Waals surface area contributed by atoms with Crippen LogP contribution in [0.15, 0.2) is 23.8 Å². The number of aliphatic hydroxyl groups excluding tert-OH is 1. The van der Waals surface area contributed by atoms with E-state index >= 15 is 0 Å². The molecule has 0 bridgehead atoms. The van der Waals surface area contributed by atoms with Gasteiger partial charge in [0.1, 0.15) is 0 Å². The number of hydrogen-bond acceptors (Lipinski definition) is 1. The van der Waals surface area contributed by atoms with Crippen LogP contribution < -0.4 is 0 Å². The third kappa shape index (κ3) is 1.55. The number of aliphatic hydroxyl groups is 1. The van der Waals surface area contributed by atoms with Crippen LogP contribution >= 0.6 is 0 Å². The Morgan fingerprint density at radius 3 is 2.89 bits per heavy atom. The molecule has 46 valence electrons. The summed E-state index contributed by atoms with van der Waals surface area (Å²) in [6.45, 7) is 0.114. The van der Waals surface area contributed by atoms with Crippen LogP contribution in [-0.4, -0.2) is 31.7 Å². The van der Waals surface area contributed by atoms with Crippen molar-refractivity contribution in [3.63, 3.8) is 0 Å². The van der Waals surface area contributed by atoms with Crippen molar-refractivity contribution in [2.45, 2.75) is 0 Å². The Labute approximate surface area is 62.4 Å². The summed E-state index contributed by atoms with van der Waals surface area (Å²) in [4.78, 5) is 0. The molecule has 1 N–H and O–H groups in total. The molecule has 0 aromatic heterocycles. The van der Waals surface area contributed by atoms with E-state index in [2.05, 4.69) is 15.6 Å². The molecule has 0 fully saturated rings. The van der Waals surface area contributed by atoms with Crippen LogP contribution in [0.3, 0.4) is 0 Å². The second-order valence-electron chi connectivity index (χ2n) is 1.77. The maximum atomic E-state index is 8.70. The van der Waals surface area contributed by atoms with Crippen LogP contribution in [-0.2, 0) is 0 Å². The zero-order valence-electron chi connectivity index (χ0n) is 4.87. The molecule has 0 spiro atoms. The van der Waals surface area contributed by atoms with Gasteiger partial charge in [0.15, 0.2) is 0 Å². The molecule has 0 heterocycles. The molecular weight excluding hydrogens is 179 g/mol. The van der Waals surface area contributed by atoms with Crippen LogP contribution in [0.5, 0.6) is 0 Å². The van der Waals surface area contributed by atoms with Gasteiger partial charge in [-0.1, -0.05) is 0 Å². The Hall–Kier alpha value is -0.301. The molecule has 0 saturated carbocycles. The van der Waals surface area contributed by atoms with Crippen molar-refractivity contribution in [3.05, 3.63) is 30.2 Å². The summed E-state index contributed by atoms with van der Waals surface area (Å²) in [6.07, 6.45) is 7.68. The first-order chi connectivity index (χ1) is 4.34. The molecule has 0 aromatic carbocycles. The quantitative estimate of drug-likeness (QED) is 0.452. The van der Waals surface area contributed by atoms with Gasteiger partial charge in [-0.25, -0.2) is 0 Å². The first kappa shape index (κ1) is 6.81. The van der Waals surface area contributed by atoms with Crippen LogP contribution in [0.1, 0.15) is 0 Å². The standard InChI is InChI=1S/C7H7OSe/c8-5-6-3-1-2-4-7(6)9/h1-4,8H,5H2/q+1. The molecule has 2 heteroatoms. The van der Waals surface area contributed by atoms with Crippen molar-refractivity contribution in [2.75, 3.05) is 6.61 Å². The fraction of sp³-hybridized carbons (Fsp3) is 0.143. The van der Waals surface area contributed by atoms with Gasteiger partial charge in [0.05, 0.1) is 0 Å². The molecule has 0 aliphatic heterocycles. The average molecular weight is 186 g/mol. The van der Waals surface area contributed by atoms with E-state index in [0.717, 1.165) is 9.99 Å². The van der Waals surface area contributed by atoms with Gasteiger partial charge in [-0.05, 0) is 0 Å². The van der Waals surface area contributed by atoms with Gasteiger partial charge >= 0.3 is 61.9 Å². The molecule has 0 radical (unpaired) electrons. The number of allylic oxidation sites excluding steroid dienone is 3. The van der Waals surface area contributed by atoms with Crippen LogP contribution in [0.2, 0.25) is 0 Å². The fourth-order valence-corrected chi connectivity index (χ4v) is 1.08. The van der Waals surface area contributed by atoms with Gasteiger partial charge < -0.3 is 0 Å². The van der Waals surface area contributed by atoms with Gasteiger partial charge in [-0.15, -0.1) is 0 Å². The normalized spacial score (nSPS) is 17.0. The molecular formula is C7H7OSe+. The number of rotatable bonds is 1. The summed E-state index contributed by atoms with van der Waals surface area (Å²) < 4.78 is 1.03. The molecule has 0 amide bonds. The molecule has 0 unspecified atom stereocenters. The Kier molecular flexibility index (Phi) is 2.29. The maximum absolute atomic E-state index is 8.70. The van der Waals surface area contributed by atoms with E-state index in [0.29, 0.717) is 0 Å². The summed E-state index contributed by atoms with van der Waals surface area (Å²) >= 11 is 2.86. The third-order valence-electron chi connectivity index (χ3n) is 1.14. The molecule has 9 heavy (non-hydrogen) atoms. The summed E-state index contributed by atoms with van der Waals surface area (Å²) in [7, 11) is 0. The van der Waals surface area contributed by atoms with Crippen molar-refractivity contribution < 1.29 is 5.11 Å². The zero-order chi connectivity index (χ0) is 6.69. The second kappa shape index (κ2) is 3.02. The molecule has 1 aliphatic carbocycles. The van der Waals surface area contributed by atoms with Crippen molar-refractivity contribution in [2.24, 2.45) is 0 Å². The van der Waals surface area contributed by atoms with E-state index in [1.54, 1.807) is 0 Å². The topological polar surface area (TPSA) is 20.2 Å². The van der Waals surface area contributed by atoms with E-state index in [4.69, 9.17) is 5.11 Å². The predicted molar refractivity (Wildman–Crippen MR) is 39.4 cm³/mol. The number of hydrogen-bond donors (Lipinski definition) is 1. The Morgan fingerprint density at radius 1 is 1.67 bits per heavy atom. The Morgan fingerprint density at radius 2 is 2.44 bits per heavy atom. The molecule has 0 atom stereocenters. The molecule has 0 aromatic rings. The summed E-state index contributed by atoms with van der Waals surface area (Å²) in [5, 5.41) is 8.70. The van der Waals surface area contributed by atoms with Crippen LogP contribution in [0.4, 0.5) is 0 Å². The first-order valence-corrected chi connectivity index (χ1v) is 3.56. The summed E-state index contributed by atoms with van der Waals surface area (Å²) in [6, 6.07) is 0. The van der Waals surface area contributed by atoms with Gasteiger partial charge in [0.2, 0.25) is 0 Å². The second-order valence-corrected chi connectivity index (χ2v) is 2.69. The van der Waals surface area contributed by atoms with Gasteiger partial charge in [-0.2, -0.15) is 0 Å². The predicted octanol–water partition coefficient (Wildman–Crippen LogP) is 0.0201. The Balaban J connectivity index is 2.71. The molecule has 1 rings (SSSR count). The van der Waals surface area contributed by atoms with Crippen molar-refractivity contribution in [1.29, 1.82) is 0 Å². The minimum absolute atomic E-state index is 0.114. The van der Waals surface area contributed by atoms with Gasteiger partial charge in [0, 0.05) is 0 Å². The van der Waals surface area contributed by atoms with E-state index in [9.17, 15) is 0 Å². The van der Waals surface area contributed by atoms with Gasteiger partial charge in [0.25, 0.3) is 0 Å². The van der Waals surface area contributed by atoms with Crippen LogP contribution in [0.25, 0.3) is 0 Å². The zero-order valence-corrected chi connectivity index (χ0v) is 6.59. The Bertz CT molecular complexity index is 179. The van der Waals surface area contributed by atoms with E-state index in [-0.39, 0.29) is 6.61 Å². The van der Waals surface area contributed by atoms with Crippen molar-refractivity contribution in [1.82, 2.24) is 0 Å². The fourth-order valence-electron chi connectivity index (χ4n) is 0.634. The minimum atomic E-state index is 0.114. The average Bonchev–Trinajstić information content (AvgIpc) is 1.89. The molecule has 1 nitrogen and oxygen atoms in total. The monoisotopic (exact) mass is 187 g/mol. The molecule has 1 aliphatic rings. The first-order valence-electron chi connectivity index (χ1n) is 2.70. The van der Waals surface area contributed by atoms with E-state index in [1.807, 2.05) is 24.6 Å². The van der Waals surface area contributed by atoms with E-state index in [1.165, 1.54) is 0 Å². The van der Waals surface area contributed by atoms with Crippen LogP contribution in [0, 0.1) is 6.42 Å². The van der Waals surface area contributed by atoms with Gasteiger partial charge in [-0.3, -0.25) is 0 Å². The third-order valence-corrected chi connectivity index (χ3v) is 1.98. The summed E-state index contributed by atoms with van der Waals surface area (Å²) in [5.41, 5.74) is 0.956. The van der Waals surface area contributed by atoms with Crippen molar-refractivity contribution >= 4 is 20.0 Å². The SMILES string of the molecule is OCC1=C[CH+]C=CC1=[Se].